The van der Waals surface area contributed by atoms with Crippen LogP contribution in [0.2, 0.25) is 0 Å². The van der Waals surface area contributed by atoms with E-state index in [0.717, 1.165) is 32.8 Å². The second-order valence-corrected chi connectivity index (χ2v) is 6.15. The molecule has 0 aromatic carbocycles. The van der Waals surface area contributed by atoms with Gasteiger partial charge < -0.3 is 15.0 Å². The van der Waals surface area contributed by atoms with Gasteiger partial charge in [0.1, 0.15) is 0 Å². The Morgan fingerprint density at radius 3 is 2.89 bits per heavy atom. The van der Waals surface area contributed by atoms with Crippen molar-refractivity contribution < 1.29 is 6.16 Å². The number of morpholine rings is 1. The molecule has 0 radical (unpaired) electrons. The Hall–Kier alpha value is -0.160. The fourth-order valence-electron chi connectivity index (χ4n) is 2.45. The molecule has 0 spiro atoms. The van der Waals surface area contributed by atoms with E-state index in [9.17, 15) is 0 Å². The van der Waals surface area contributed by atoms with Gasteiger partial charge >= 0.3 is 0 Å². The minimum Gasteiger partial charge on any atom is -0.374 e. The molecule has 1 saturated heterocycles. The Morgan fingerprint density at radius 2 is 2.21 bits per heavy atom. The predicted octanol–water partition coefficient (Wildman–Crippen LogP) is 1.52. The normalized spacial score (nSPS) is 21.5. The molecule has 0 unspecified atom stereocenters. The van der Waals surface area contributed by atoms with Gasteiger partial charge in [0, 0.05) is 34.2 Å². The third kappa shape index (κ3) is 7.88. The van der Waals surface area contributed by atoms with Gasteiger partial charge in [-0.05, 0) is 32.5 Å². The van der Waals surface area contributed by atoms with Crippen LogP contribution in [0.4, 0.5) is 0 Å². The number of ether oxygens (including phenoxy) is 1. The van der Waals surface area contributed by atoms with E-state index in [-0.39, 0.29) is 1.43 Å². The van der Waals surface area contributed by atoms with Crippen molar-refractivity contribution in [2.45, 2.75) is 33.3 Å². The standard InChI is InChI=1S/C15H33N3O.H2/c1-5-6-17(4)7-8-18-9-10-19-15(13-18)12-16-11-14(2)3;/h14-16H,5-13H2,1-4H3;1H/t15-;/m0./s1. The number of hydrogen-bond donors (Lipinski definition) is 1. The minimum absolute atomic E-state index is 0. The molecule has 0 aromatic rings. The highest BCUT2D eigenvalue weighted by atomic mass is 16.5. The lowest BCUT2D eigenvalue weighted by Gasteiger charge is -2.34. The number of hydrogen-bond acceptors (Lipinski definition) is 4. The van der Waals surface area contributed by atoms with Crippen molar-refractivity contribution in [3.63, 3.8) is 0 Å². The topological polar surface area (TPSA) is 27.7 Å². The van der Waals surface area contributed by atoms with Crippen LogP contribution in [-0.4, -0.2) is 75.4 Å². The van der Waals surface area contributed by atoms with E-state index in [2.05, 4.69) is 42.9 Å². The van der Waals surface area contributed by atoms with Crippen LogP contribution < -0.4 is 5.32 Å². The van der Waals surface area contributed by atoms with Crippen molar-refractivity contribution in [3.05, 3.63) is 0 Å². The van der Waals surface area contributed by atoms with Crippen LogP contribution >= 0.6 is 0 Å². The lowest BCUT2D eigenvalue weighted by atomic mass is 10.2. The average molecular weight is 273 g/mol. The molecule has 116 valence electrons. The Balaban J connectivity index is 0.00000361. The lowest BCUT2D eigenvalue weighted by Crippen LogP contribution is -2.48. The molecular formula is C15H35N3O. The molecule has 1 heterocycles. The van der Waals surface area contributed by atoms with E-state index in [0.29, 0.717) is 12.0 Å². The first-order valence-electron chi connectivity index (χ1n) is 7.85. The fraction of sp³-hybridized carbons (Fsp3) is 1.00. The summed E-state index contributed by atoms with van der Waals surface area (Å²) in [6.45, 7) is 15.4. The quantitative estimate of drug-likeness (QED) is 0.689. The maximum absolute atomic E-state index is 5.83. The van der Waals surface area contributed by atoms with Crippen molar-refractivity contribution in [2.75, 3.05) is 59.5 Å². The molecule has 1 N–H and O–H groups in total. The van der Waals surface area contributed by atoms with Gasteiger partial charge in [-0.1, -0.05) is 20.8 Å². The minimum atomic E-state index is 0. The van der Waals surface area contributed by atoms with Crippen LogP contribution in [0.25, 0.3) is 0 Å². The summed E-state index contributed by atoms with van der Waals surface area (Å²) < 4.78 is 5.83. The highest BCUT2D eigenvalue weighted by molar-refractivity contribution is 4.74. The third-order valence-corrected chi connectivity index (χ3v) is 3.55. The van der Waals surface area contributed by atoms with Gasteiger partial charge in [-0.2, -0.15) is 0 Å². The van der Waals surface area contributed by atoms with Gasteiger partial charge in [0.25, 0.3) is 0 Å². The molecule has 0 amide bonds. The Labute approximate surface area is 121 Å². The second kappa shape index (κ2) is 9.70. The SMILES string of the molecule is CCCN(C)CCN1CCO[C@@H](CNCC(C)C)C1.[HH]. The molecule has 0 aliphatic carbocycles. The van der Waals surface area contributed by atoms with Crippen LogP contribution in [0.5, 0.6) is 0 Å². The molecular weight excluding hydrogens is 238 g/mol. The van der Waals surface area contributed by atoms with Crippen LogP contribution in [-0.2, 0) is 4.74 Å². The Bertz CT molecular complexity index is 229. The summed E-state index contributed by atoms with van der Waals surface area (Å²) in [6.07, 6.45) is 1.60. The number of rotatable bonds is 9. The van der Waals surface area contributed by atoms with Crippen molar-refractivity contribution >= 4 is 0 Å². The van der Waals surface area contributed by atoms with Crippen LogP contribution in [0.15, 0.2) is 0 Å². The zero-order chi connectivity index (χ0) is 14.1. The van der Waals surface area contributed by atoms with Crippen molar-refractivity contribution in [1.82, 2.24) is 15.1 Å². The van der Waals surface area contributed by atoms with E-state index in [1.807, 2.05) is 0 Å². The van der Waals surface area contributed by atoms with Crippen molar-refractivity contribution in [1.29, 1.82) is 0 Å². The first-order chi connectivity index (χ1) is 9.11. The zero-order valence-corrected chi connectivity index (χ0v) is 13.3. The second-order valence-electron chi connectivity index (χ2n) is 6.15. The van der Waals surface area contributed by atoms with Crippen molar-refractivity contribution in [2.24, 2.45) is 5.92 Å². The summed E-state index contributed by atoms with van der Waals surface area (Å²) in [5.41, 5.74) is 0. The maximum Gasteiger partial charge on any atom is 0.0826 e. The van der Waals surface area contributed by atoms with Crippen LogP contribution in [0, 0.1) is 5.92 Å². The fourth-order valence-corrected chi connectivity index (χ4v) is 2.45. The first-order valence-corrected chi connectivity index (χ1v) is 7.85. The molecule has 0 saturated carbocycles. The van der Waals surface area contributed by atoms with Gasteiger partial charge in [0.15, 0.2) is 0 Å². The summed E-state index contributed by atoms with van der Waals surface area (Å²) in [6, 6.07) is 0. The maximum atomic E-state index is 5.83. The highest BCUT2D eigenvalue weighted by Crippen LogP contribution is 2.04. The summed E-state index contributed by atoms with van der Waals surface area (Å²) in [4.78, 5) is 4.96. The van der Waals surface area contributed by atoms with Gasteiger partial charge in [-0.25, -0.2) is 0 Å². The lowest BCUT2D eigenvalue weighted by molar-refractivity contribution is -0.0288. The van der Waals surface area contributed by atoms with Crippen LogP contribution in [0.3, 0.4) is 0 Å². The van der Waals surface area contributed by atoms with Gasteiger partial charge in [-0.15, -0.1) is 0 Å². The average Bonchev–Trinajstić information content (AvgIpc) is 2.37. The van der Waals surface area contributed by atoms with E-state index in [4.69, 9.17) is 4.74 Å². The smallest absolute Gasteiger partial charge is 0.0826 e. The van der Waals surface area contributed by atoms with E-state index in [1.54, 1.807) is 0 Å². The predicted molar refractivity (Wildman–Crippen MR) is 83.8 cm³/mol. The summed E-state index contributed by atoms with van der Waals surface area (Å²) in [5.74, 6) is 0.711. The molecule has 4 nitrogen and oxygen atoms in total. The molecule has 19 heavy (non-hydrogen) atoms. The van der Waals surface area contributed by atoms with E-state index < -0.39 is 0 Å². The number of nitrogens with one attached hydrogen (secondary N) is 1. The molecule has 4 heteroatoms. The summed E-state index contributed by atoms with van der Waals surface area (Å²) in [7, 11) is 2.21. The first kappa shape index (κ1) is 16.9. The van der Waals surface area contributed by atoms with Gasteiger partial charge in [0.05, 0.1) is 12.7 Å². The molecule has 1 fully saturated rings. The number of nitrogens with zero attached hydrogens (tertiary/aromatic N) is 2. The molecule has 1 rings (SSSR count). The molecule has 1 aliphatic heterocycles. The van der Waals surface area contributed by atoms with E-state index in [1.165, 1.54) is 26.1 Å². The summed E-state index contributed by atoms with van der Waals surface area (Å²) >= 11 is 0. The molecule has 0 aromatic heterocycles. The third-order valence-electron chi connectivity index (χ3n) is 3.55. The zero-order valence-electron chi connectivity index (χ0n) is 13.3. The Morgan fingerprint density at radius 1 is 1.42 bits per heavy atom. The largest absolute Gasteiger partial charge is 0.374 e. The van der Waals surface area contributed by atoms with Gasteiger partial charge in [0.2, 0.25) is 0 Å². The Kier molecular flexibility index (Phi) is 8.62. The highest BCUT2D eigenvalue weighted by Gasteiger charge is 2.20. The van der Waals surface area contributed by atoms with E-state index >= 15 is 0 Å². The molecule has 0 bridgehead atoms. The summed E-state index contributed by atoms with van der Waals surface area (Å²) in [5, 5.41) is 3.50. The van der Waals surface area contributed by atoms with Crippen molar-refractivity contribution in [3.8, 4) is 0 Å². The monoisotopic (exact) mass is 273 g/mol. The van der Waals surface area contributed by atoms with Crippen LogP contribution in [0.1, 0.15) is 28.6 Å². The molecule has 1 atom stereocenters. The van der Waals surface area contributed by atoms with Gasteiger partial charge in [-0.3, -0.25) is 4.90 Å². The molecule has 1 aliphatic rings. The number of likely N-dealkylation sites (N-methyl/N-ethyl adjacent to an activating group) is 1.